The van der Waals surface area contributed by atoms with Gasteiger partial charge in [0.2, 0.25) is 0 Å². The zero-order valence-electron chi connectivity index (χ0n) is 8.64. The summed E-state index contributed by atoms with van der Waals surface area (Å²) in [6.45, 7) is 4.65. The first-order chi connectivity index (χ1) is 6.25. The van der Waals surface area contributed by atoms with Crippen LogP contribution < -0.4 is 5.73 Å². The molecule has 0 heterocycles. The van der Waals surface area contributed by atoms with E-state index in [0.717, 1.165) is 5.56 Å². The van der Waals surface area contributed by atoms with Crippen molar-refractivity contribution in [2.24, 2.45) is 5.73 Å². The summed E-state index contributed by atoms with van der Waals surface area (Å²) in [5.74, 6) is 0. The van der Waals surface area contributed by atoms with E-state index < -0.39 is 0 Å². The van der Waals surface area contributed by atoms with Crippen LogP contribution >= 0.6 is 12.4 Å². The quantitative estimate of drug-likeness (QED) is 0.838. The third-order valence-corrected chi connectivity index (χ3v) is 1.95. The molecule has 2 nitrogen and oxygen atoms in total. The van der Waals surface area contributed by atoms with Gasteiger partial charge in [0.15, 0.2) is 0 Å². The standard InChI is InChI=1S/C11H17NO.ClH/c1-3-13-11(9(2)12)10-7-5-4-6-8-10;/h4-9,11H,3,12H2,1-2H3;1H/t9-,11?;/m0./s1. The zero-order chi connectivity index (χ0) is 9.68. The van der Waals surface area contributed by atoms with E-state index in [1.807, 2.05) is 44.2 Å². The third-order valence-electron chi connectivity index (χ3n) is 1.95. The van der Waals surface area contributed by atoms with Gasteiger partial charge >= 0.3 is 0 Å². The second kappa shape index (κ2) is 6.82. The monoisotopic (exact) mass is 215 g/mol. The van der Waals surface area contributed by atoms with Gasteiger partial charge in [-0.3, -0.25) is 0 Å². The average molecular weight is 216 g/mol. The number of hydrogen-bond acceptors (Lipinski definition) is 2. The zero-order valence-corrected chi connectivity index (χ0v) is 9.46. The van der Waals surface area contributed by atoms with Crippen LogP contribution in [-0.4, -0.2) is 12.6 Å². The van der Waals surface area contributed by atoms with Crippen LogP contribution in [0.3, 0.4) is 0 Å². The van der Waals surface area contributed by atoms with Crippen molar-refractivity contribution in [3.63, 3.8) is 0 Å². The maximum Gasteiger partial charge on any atom is 0.0972 e. The minimum absolute atomic E-state index is 0. The van der Waals surface area contributed by atoms with Crippen molar-refractivity contribution in [2.75, 3.05) is 6.61 Å². The lowest BCUT2D eigenvalue weighted by molar-refractivity contribution is 0.0475. The van der Waals surface area contributed by atoms with Crippen LogP contribution in [0.4, 0.5) is 0 Å². The lowest BCUT2D eigenvalue weighted by Gasteiger charge is -2.20. The molecule has 0 saturated carbocycles. The summed E-state index contributed by atoms with van der Waals surface area (Å²) in [7, 11) is 0. The van der Waals surface area contributed by atoms with Gasteiger partial charge in [0.1, 0.15) is 0 Å². The Labute approximate surface area is 91.9 Å². The highest BCUT2D eigenvalue weighted by Crippen LogP contribution is 2.19. The Balaban J connectivity index is 0.00000169. The van der Waals surface area contributed by atoms with Gasteiger partial charge in [-0.25, -0.2) is 0 Å². The molecule has 0 spiro atoms. The summed E-state index contributed by atoms with van der Waals surface area (Å²) >= 11 is 0. The smallest absolute Gasteiger partial charge is 0.0972 e. The highest BCUT2D eigenvalue weighted by atomic mass is 35.5. The van der Waals surface area contributed by atoms with E-state index in [2.05, 4.69) is 0 Å². The molecule has 0 aliphatic carbocycles. The fourth-order valence-electron chi connectivity index (χ4n) is 1.37. The molecule has 1 aromatic carbocycles. The minimum Gasteiger partial charge on any atom is -0.372 e. The Bertz CT molecular complexity index is 238. The molecule has 1 rings (SSSR count). The minimum atomic E-state index is 0. The predicted octanol–water partition coefficient (Wildman–Crippen LogP) is 2.53. The summed E-state index contributed by atoms with van der Waals surface area (Å²) in [4.78, 5) is 0. The van der Waals surface area contributed by atoms with Crippen molar-refractivity contribution >= 4 is 12.4 Å². The number of rotatable bonds is 4. The summed E-state index contributed by atoms with van der Waals surface area (Å²) in [6.07, 6.45) is 0.0196. The van der Waals surface area contributed by atoms with E-state index in [-0.39, 0.29) is 24.6 Å². The summed E-state index contributed by atoms with van der Waals surface area (Å²) < 4.78 is 5.56. The first-order valence-corrected chi connectivity index (χ1v) is 4.67. The van der Waals surface area contributed by atoms with E-state index in [1.54, 1.807) is 0 Å². The van der Waals surface area contributed by atoms with Gasteiger partial charge < -0.3 is 10.5 Å². The van der Waals surface area contributed by atoms with Crippen LogP contribution in [0.5, 0.6) is 0 Å². The van der Waals surface area contributed by atoms with Crippen molar-refractivity contribution in [2.45, 2.75) is 26.0 Å². The van der Waals surface area contributed by atoms with Crippen LogP contribution in [0.1, 0.15) is 25.5 Å². The van der Waals surface area contributed by atoms with E-state index >= 15 is 0 Å². The molecule has 2 atom stereocenters. The molecule has 1 aromatic rings. The molecule has 0 fully saturated rings. The van der Waals surface area contributed by atoms with Crippen molar-refractivity contribution < 1.29 is 4.74 Å². The van der Waals surface area contributed by atoms with Crippen LogP contribution in [0, 0.1) is 0 Å². The molecule has 0 aliphatic rings. The SMILES string of the molecule is CCOC(c1ccccc1)[C@H](C)N.Cl. The van der Waals surface area contributed by atoms with Gasteiger partial charge in [0.05, 0.1) is 6.10 Å². The first kappa shape index (κ1) is 13.4. The van der Waals surface area contributed by atoms with Gasteiger partial charge in [-0.05, 0) is 19.4 Å². The summed E-state index contributed by atoms with van der Waals surface area (Å²) in [5, 5.41) is 0. The highest BCUT2D eigenvalue weighted by Gasteiger charge is 2.14. The van der Waals surface area contributed by atoms with Crippen molar-refractivity contribution in [3.8, 4) is 0 Å². The van der Waals surface area contributed by atoms with Gasteiger partial charge in [0, 0.05) is 12.6 Å². The molecule has 0 amide bonds. The van der Waals surface area contributed by atoms with Crippen LogP contribution in [0.2, 0.25) is 0 Å². The Hall–Kier alpha value is -0.570. The summed E-state index contributed by atoms with van der Waals surface area (Å²) in [5.41, 5.74) is 6.98. The second-order valence-corrected chi connectivity index (χ2v) is 3.15. The molecule has 14 heavy (non-hydrogen) atoms. The maximum absolute atomic E-state index is 5.83. The van der Waals surface area contributed by atoms with Gasteiger partial charge in [0.25, 0.3) is 0 Å². The fourth-order valence-corrected chi connectivity index (χ4v) is 1.37. The molecule has 0 saturated heterocycles. The Morgan fingerprint density at radius 3 is 2.29 bits per heavy atom. The lowest BCUT2D eigenvalue weighted by atomic mass is 10.0. The molecule has 3 heteroatoms. The molecule has 1 unspecified atom stereocenters. The molecule has 0 aromatic heterocycles. The van der Waals surface area contributed by atoms with Crippen molar-refractivity contribution in [1.82, 2.24) is 0 Å². The molecule has 0 aliphatic heterocycles. The predicted molar refractivity (Wildman–Crippen MR) is 61.7 cm³/mol. The normalized spacial score (nSPS) is 14.2. The molecular formula is C11H18ClNO. The molecule has 80 valence electrons. The first-order valence-electron chi connectivity index (χ1n) is 4.67. The van der Waals surface area contributed by atoms with E-state index in [4.69, 9.17) is 10.5 Å². The van der Waals surface area contributed by atoms with Crippen LogP contribution in [0.15, 0.2) is 30.3 Å². The molecule has 2 N–H and O–H groups in total. The van der Waals surface area contributed by atoms with Crippen LogP contribution in [0.25, 0.3) is 0 Å². The lowest BCUT2D eigenvalue weighted by Crippen LogP contribution is -2.26. The topological polar surface area (TPSA) is 35.2 Å². The van der Waals surface area contributed by atoms with Crippen LogP contribution in [-0.2, 0) is 4.74 Å². The Morgan fingerprint density at radius 1 is 1.29 bits per heavy atom. The molecule has 0 radical (unpaired) electrons. The maximum atomic E-state index is 5.83. The number of benzene rings is 1. The number of nitrogens with two attached hydrogens (primary N) is 1. The third kappa shape index (κ3) is 3.66. The van der Waals surface area contributed by atoms with E-state index in [9.17, 15) is 0 Å². The average Bonchev–Trinajstić information content (AvgIpc) is 2.15. The number of ether oxygens (including phenoxy) is 1. The molecular weight excluding hydrogens is 198 g/mol. The van der Waals surface area contributed by atoms with E-state index in [1.165, 1.54) is 0 Å². The Morgan fingerprint density at radius 2 is 1.86 bits per heavy atom. The number of halogens is 1. The van der Waals surface area contributed by atoms with Gasteiger partial charge in [-0.2, -0.15) is 0 Å². The molecule has 0 bridgehead atoms. The second-order valence-electron chi connectivity index (χ2n) is 3.15. The van der Waals surface area contributed by atoms with Gasteiger partial charge in [-0.15, -0.1) is 12.4 Å². The number of hydrogen-bond donors (Lipinski definition) is 1. The van der Waals surface area contributed by atoms with Crippen molar-refractivity contribution in [3.05, 3.63) is 35.9 Å². The van der Waals surface area contributed by atoms with Crippen molar-refractivity contribution in [1.29, 1.82) is 0 Å². The Kier molecular flexibility index (Phi) is 6.54. The fraction of sp³-hybridized carbons (Fsp3) is 0.455. The van der Waals surface area contributed by atoms with E-state index in [0.29, 0.717) is 6.61 Å². The van der Waals surface area contributed by atoms with Gasteiger partial charge in [-0.1, -0.05) is 30.3 Å². The summed E-state index contributed by atoms with van der Waals surface area (Å²) in [6, 6.07) is 10.1. The highest BCUT2D eigenvalue weighted by molar-refractivity contribution is 5.85. The largest absolute Gasteiger partial charge is 0.372 e.